The summed E-state index contributed by atoms with van der Waals surface area (Å²) in [4.78, 5) is 0.223. The van der Waals surface area contributed by atoms with Crippen LogP contribution >= 0.6 is 0 Å². The molecule has 1 unspecified atom stereocenters. The Bertz CT molecular complexity index is 858. The van der Waals surface area contributed by atoms with Crippen LogP contribution in [-0.2, 0) is 10.0 Å². The lowest BCUT2D eigenvalue weighted by molar-refractivity contribution is 0.0260. The van der Waals surface area contributed by atoms with E-state index >= 15 is 0 Å². The lowest BCUT2D eigenvalue weighted by Gasteiger charge is -2.41. The standard InChI is InChI=1S/C20H25NO4S/c1-4-20(5-2)14-18(17-8-6-7-9-19(17)25-20)21-26(22,23)16-12-10-15(24-3)11-13-16/h6-13,18,21H,4-5,14H2,1-3H3. The van der Waals surface area contributed by atoms with Crippen LogP contribution in [0.4, 0.5) is 0 Å². The zero-order valence-corrected chi connectivity index (χ0v) is 16.2. The predicted octanol–water partition coefficient (Wildman–Crippen LogP) is 4.06. The fraction of sp³-hybridized carbons (Fsp3) is 0.400. The first-order valence-electron chi connectivity index (χ1n) is 8.87. The summed E-state index contributed by atoms with van der Waals surface area (Å²) in [5.74, 6) is 1.38. The number of ether oxygens (including phenoxy) is 2. The lowest BCUT2D eigenvalue weighted by atomic mass is 9.84. The second kappa shape index (κ2) is 7.29. The van der Waals surface area contributed by atoms with E-state index in [1.54, 1.807) is 31.4 Å². The Kier molecular flexibility index (Phi) is 5.25. The second-order valence-corrected chi connectivity index (χ2v) is 8.30. The maximum Gasteiger partial charge on any atom is 0.241 e. The summed E-state index contributed by atoms with van der Waals surface area (Å²) in [6.45, 7) is 4.15. The molecule has 1 aliphatic rings. The molecule has 0 saturated heterocycles. The molecule has 1 heterocycles. The highest BCUT2D eigenvalue weighted by Gasteiger charge is 2.39. The first-order valence-corrected chi connectivity index (χ1v) is 10.4. The summed E-state index contributed by atoms with van der Waals surface area (Å²) in [5, 5.41) is 0. The highest BCUT2D eigenvalue weighted by molar-refractivity contribution is 7.89. The fourth-order valence-electron chi connectivity index (χ4n) is 3.42. The Morgan fingerprint density at radius 3 is 2.38 bits per heavy atom. The van der Waals surface area contributed by atoms with Crippen LogP contribution in [0.3, 0.4) is 0 Å². The van der Waals surface area contributed by atoms with E-state index in [2.05, 4.69) is 18.6 Å². The van der Waals surface area contributed by atoms with Crippen LogP contribution < -0.4 is 14.2 Å². The molecule has 0 spiro atoms. The molecule has 3 rings (SSSR count). The van der Waals surface area contributed by atoms with Crippen LogP contribution in [-0.4, -0.2) is 21.1 Å². The Morgan fingerprint density at radius 2 is 1.77 bits per heavy atom. The summed E-state index contributed by atoms with van der Waals surface area (Å²) in [5.41, 5.74) is 0.517. The summed E-state index contributed by atoms with van der Waals surface area (Å²) in [6, 6.07) is 13.7. The van der Waals surface area contributed by atoms with Crippen molar-refractivity contribution in [3.8, 4) is 11.5 Å². The number of fused-ring (bicyclic) bond motifs is 1. The molecule has 0 bridgehead atoms. The van der Waals surface area contributed by atoms with Gasteiger partial charge in [-0.3, -0.25) is 0 Å². The first-order chi connectivity index (χ1) is 12.4. The fourth-order valence-corrected chi connectivity index (χ4v) is 4.63. The molecule has 0 aliphatic carbocycles. The monoisotopic (exact) mass is 375 g/mol. The van der Waals surface area contributed by atoms with Crippen molar-refractivity contribution in [2.24, 2.45) is 0 Å². The number of hydrogen-bond acceptors (Lipinski definition) is 4. The third-order valence-corrected chi connectivity index (χ3v) is 6.64. The number of hydrogen-bond donors (Lipinski definition) is 1. The van der Waals surface area contributed by atoms with Gasteiger partial charge in [0.2, 0.25) is 10.0 Å². The zero-order chi connectivity index (χ0) is 18.8. The van der Waals surface area contributed by atoms with Gasteiger partial charge in [0.25, 0.3) is 0 Å². The Hall–Kier alpha value is -2.05. The SMILES string of the molecule is CCC1(CC)CC(NS(=O)(=O)c2ccc(OC)cc2)c2ccccc2O1. The van der Waals surface area contributed by atoms with E-state index in [4.69, 9.17) is 9.47 Å². The van der Waals surface area contributed by atoms with E-state index in [-0.39, 0.29) is 16.5 Å². The van der Waals surface area contributed by atoms with Crippen LogP contribution in [0.25, 0.3) is 0 Å². The third-order valence-electron chi connectivity index (χ3n) is 5.15. The summed E-state index contributed by atoms with van der Waals surface area (Å²) >= 11 is 0. The lowest BCUT2D eigenvalue weighted by Crippen LogP contribution is -2.44. The number of rotatable bonds is 6. The van der Waals surface area contributed by atoms with Crippen molar-refractivity contribution < 1.29 is 17.9 Å². The molecule has 1 aliphatic heterocycles. The maximum atomic E-state index is 12.9. The summed E-state index contributed by atoms with van der Waals surface area (Å²) < 4.78 is 40.0. The molecular weight excluding hydrogens is 350 g/mol. The van der Waals surface area contributed by atoms with Gasteiger partial charge in [-0.1, -0.05) is 32.0 Å². The molecular formula is C20H25NO4S. The van der Waals surface area contributed by atoms with Crippen molar-refractivity contribution in [3.05, 3.63) is 54.1 Å². The highest BCUT2D eigenvalue weighted by atomic mass is 32.2. The quantitative estimate of drug-likeness (QED) is 0.827. The summed E-state index contributed by atoms with van der Waals surface area (Å²) in [6.07, 6.45) is 2.24. The van der Waals surface area contributed by atoms with Gasteiger partial charge in [0, 0.05) is 12.0 Å². The minimum Gasteiger partial charge on any atom is -0.497 e. The first kappa shape index (κ1) is 18.7. The van der Waals surface area contributed by atoms with Crippen molar-refractivity contribution in [1.29, 1.82) is 0 Å². The average Bonchev–Trinajstić information content (AvgIpc) is 2.67. The number of methoxy groups -OCH3 is 1. The van der Waals surface area contributed by atoms with Gasteiger partial charge in [0.1, 0.15) is 17.1 Å². The van der Waals surface area contributed by atoms with E-state index in [9.17, 15) is 8.42 Å². The van der Waals surface area contributed by atoms with Gasteiger partial charge in [-0.2, -0.15) is 0 Å². The molecule has 0 fully saturated rings. The van der Waals surface area contributed by atoms with Crippen molar-refractivity contribution >= 4 is 10.0 Å². The van der Waals surface area contributed by atoms with Crippen LogP contribution in [0.15, 0.2) is 53.4 Å². The molecule has 6 heteroatoms. The van der Waals surface area contributed by atoms with Crippen LogP contribution in [0, 0.1) is 0 Å². The molecule has 2 aromatic rings. The van der Waals surface area contributed by atoms with E-state index in [1.165, 1.54) is 0 Å². The van der Waals surface area contributed by atoms with Gasteiger partial charge in [-0.05, 0) is 43.2 Å². The summed E-state index contributed by atoms with van der Waals surface area (Å²) in [7, 11) is -2.10. The van der Waals surface area contributed by atoms with Crippen LogP contribution in [0.5, 0.6) is 11.5 Å². The number of para-hydroxylation sites is 1. The molecule has 2 aromatic carbocycles. The van der Waals surface area contributed by atoms with Crippen LogP contribution in [0.2, 0.25) is 0 Å². The molecule has 1 N–H and O–H groups in total. The van der Waals surface area contributed by atoms with Gasteiger partial charge in [-0.15, -0.1) is 0 Å². The minimum atomic E-state index is -3.66. The second-order valence-electron chi connectivity index (χ2n) is 6.58. The Labute approximate surface area is 155 Å². The molecule has 5 nitrogen and oxygen atoms in total. The smallest absolute Gasteiger partial charge is 0.241 e. The zero-order valence-electron chi connectivity index (χ0n) is 15.4. The average molecular weight is 375 g/mol. The molecule has 0 saturated carbocycles. The van der Waals surface area contributed by atoms with E-state index in [0.717, 1.165) is 24.2 Å². The third kappa shape index (κ3) is 3.57. The maximum absolute atomic E-state index is 12.9. The predicted molar refractivity (Wildman–Crippen MR) is 101 cm³/mol. The van der Waals surface area contributed by atoms with Crippen molar-refractivity contribution in [3.63, 3.8) is 0 Å². The molecule has 140 valence electrons. The Balaban J connectivity index is 1.94. The number of nitrogens with one attached hydrogen (secondary N) is 1. The number of sulfonamides is 1. The van der Waals surface area contributed by atoms with E-state index < -0.39 is 10.0 Å². The minimum absolute atomic E-state index is 0.223. The van der Waals surface area contributed by atoms with Gasteiger partial charge in [-0.25, -0.2) is 13.1 Å². The van der Waals surface area contributed by atoms with Gasteiger partial charge in [0.05, 0.1) is 18.0 Å². The van der Waals surface area contributed by atoms with Gasteiger partial charge in [0.15, 0.2) is 0 Å². The van der Waals surface area contributed by atoms with Gasteiger partial charge >= 0.3 is 0 Å². The van der Waals surface area contributed by atoms with E-state index in [1.807, 2.05) is 24.3 Å². The molecule has 0 aromatic heterocycles. The molecule has 0 radical (unpaired) electrons. The van der Waals surface area contributed by atoms with Crippen molar-refractivity contribution in [1.82, 2.24) is 4.72 Å². The topological polar surface area (TPSA) is 64.6 Å². The Morgan fingerprint density at radius 1 is 1.12 bits per heavy atom. The van der Waals surface area contributed by atoms with E-state index in [0.29, 0.717) is 12.2 Å². The van der Waals surface area contributed by atoms with Crippen LogP contribution in [0.1, 0.15) is 44.7 Å². The molecule has 1 atom stereocenters. The number of benzene rings is 2. The molecule has 26 heavy (non-hydrogen) atoms. The highest BCUT2D eigenvalue weighted by Crippen LogP contribution is 2.43. The normalized spacial score (nSPS) is 18.7. The van der Waals surface area contributed by atoms with Crippen molar-refractivity contribution in [2.45, 2.75) is 49.6 Å². The molecule has 0 amide bonds. The van der Waals surface area contributed by atoms with Gasteiger partial charge < -0.3 is 9.47 Å². The largest absolute Gasteiger partial charge is 0.497 e. The van der Waals surface area contributed by atoms with Crippen molar-refractivity contribution in [2.75, 3.05) is 7.11 Å².